The minimum Gasteiger partial charge on any atom is -0.371 e. The molecule has 2 aliphatic rings. The highest BCUT2D eigenvalue weighted by atomic mass is 32.2. The van der Waals surface area contributed by atoms with Gasteiger partial charge in [-0.05, 0) is 32.4 Å². The van der Waals surface area contributed by atoms with E-state index in [4.69, 9.17) is 4.74 Å². The van der Waals surface area contributed by atoms with E-state index in [0.29, 0.717) is 17.5 Å². The lowest BCUT2D eigenvalue weighted by Gasteiger charge is -2.47. The Morgan fingerprint density at radius 2 is 2.17 bits per heavy atom. The molecule has 1 spiro atoms. The number of rotatable bonds is 4. The van der Waals surface area contributed by atoms with E-state index in [1.54, 1.807) is 11.3 Å². The fraction of sp³-hybridized carbons (Fsp3) is 0.562. The van der Waals surface area contributed by atoms with Crippen LogP contribution < -0.4 is 4.90 Å². The Morgan fingerprint density at radius 3 is 2.91 bits per heavy atom. The molecule has 0 saturated carbocycles. The molecule has 0 radical (unpaired) electrons. The molecule has 2 fully saturated rings. The van der Waals surface area contributed by atoms with Gasteiger partial charge in [-0.3, -0.25) is 4.98 Å². The summed E-state index contributed by atoms with van der Waals surface area (Å²) in [6, 6.07) is 6.09. The molecule has 0 aliphatic carbocycles. The molecule has 1 atom stereocenters. The highest BCUT2D eigenvalue weighted by Gasteiger charge is 2.50. The van der Waals surface area contributed by atoms with Crippen LogP contribution in [-0.2, 0) is 11.3 Å². The van der Waals surface area contributed by atoms with Gasteiger partial charge in [0.1, 0.15) is 5.01 Å². The van der Waals surface area contributed by atoms with Gasteiger partial charge in [0.2, 0.25) is 5.13 Å². The Morgan fingerprint density at radius 1 is 1.30 bits per heavy atom. The molecule has 4 heterocycles. The lowest BCUT2D eigenvalue weighted by molar-refractivity contribution is 0.0458. The molecular formula is C16H20N4OS2. The van der Waals surface area contributed by atoms with Crippen molar-refractivity contribution in [1.29, 1.82) is 0 Å². The van der Waals surface area contributed by atoms with Crippen LogP contribution in [0.4, 0.5) is 5.13 Å². The number of anilines is 1. The van der Waals surface area contributed by atoms with Gasteiger partial charge in [0.05, 0.1) is 23.2 Å². The summed E-state index contributed by atoms with van der Waals surface area (Å²) in [4.78, 5) is 6.84. The number of pyridine rings is 1. The predicted octanol–water partition coefficient (Wildman–Crippen LogP) is 2.83. The number of thioether (sulfide) groups is 1. The third-order valence-corrected chi connectivity index (χ3v) is 6.81. The molecule has 23 heavy (non-hydrogen) atoms. The van der Waals surface area contributed by atoms with Gasteiger partial charge in [0.15, 0.2) is 0 Å². The minimum atomic E-state index is 0.334. The van der Waals surface area contributed by atoms with Crippen LogP contribution in [-0.4, -0.2) is 44.9 Å². The minimum absolute atomic E-state index is 0.334. The molecule has 0 N–H and O–H groups in total. The second kappa shape index (κ2) is 6.03. The summed E-state index contributed by atoms with van der Waals surface area (Å²) in [6.07, 6.45) is 1.46. The van der Waals surface area contributed by atoms with Crippen LogP contribution in [0.5, 0.6) is 0 Å². The summed E-state index contributed by atoms with van der Waals surface area (Å²) >= 11 is 3.73. The van der Waals surface area contributed by atoms with Crippen molar-refractivity contribution in [3.63, 3.8) is 0 Å². The second-order valence-corrected chi connectivity index (χ2v) is 9.01. The molecule has 2 aromatic heterocycles. The van der Waals surface area contributed by atoms with E-state index in [9.17, 15) is 0 Å². The van der Waals surface area contributed by atoms with Crippen LogP contribution in [0.3, 0.4) is 0 Å². The monoisotopic (exact) mass is 348 g/mol. The third-order valence-electron chi connectivity index (χ3n) is 4.33. The molecule has 122 valence electrons. The van der Waals surface area contributed by atoms with E-state index >= 15 is 0 Å². The first-order valence-corrected chi connectivity index (χ1v) is 9.65. The normalized spacial score (nSPS) is 22.5. The van der Waals surface area contributed by atoms with Crippen LogP contribution in [0.1, 0.15) is 22.8 Å². The van der Waals surface area contributed by atoms with Gasteiger partial charge in [-0.25, -0.2) is 0 Å². The summed E-state index contributed by atoms with van der Waals surface area (Å²) in [6.45, 7) is 6.76. The van der Waals surface area contributed by atoms with Crippen LogP contribution in [0.2, 0.25) is 0 Å². The average Bonchev–Trinajstić information content (AvgIpc) is 3.10. The molecule has 5 nitrogen and oxygen atoms in total. The van der Waals surface area contributed by atoms with Gasteiger partial charge in [0.25, 0.3) is 0 Å². The average molecular weight is 348 g/mol. The fourth-order valence-electron chi connectivity index (χ4n) is 3.21. The lowest BCUT2D eigenvalue weighted by atomic mass is 9.93. The summed E-state index contributed by atoms with van der Waals surface area (Å²) in [5.74, 6) is 1.08. The Bertz CT molecular complexity index is 699. The highest BCUT2D eigenvalue weighted by Crippen LogP contribution is 2.47. The van der Waals surface area contributed by atoms with Crippen LogP contribution >= 0.6 is 23.1 Å². The van der Waals surface area contributed by atoms with E-state index in [2.05, 4.69) is 31.8 Å². The van der Waals surface area contributed by atoms with E-state index < -0.39 is 0 Å². The van der Waals surface area contributed by atoms with Crippen molar-refractivity contribution in [2.45, 2.75) is 37.7 Å². The highest BCUT2D eigenvalue weighted by molar-refractivity contribution is 8.01. The van der Waals surface area contributed by atoms with Crippen LogP contribution in [0, 0.1) is 13.8 Å². The van der Waals surface area contributed by atoms with Gasteiger partial charge in [0, 0.05) is 24.5 Å². The van der Waals surface area contributed by atoms with Crippen LogP contribution in [0.15, 0.2) is 18.2 Å². The maximum Gasteiger partial charge on any atom is 0.208 e. The first-order valence-electron chi connectivity index (χ1n) is 7.85. The quantitative estimate of drug-likeness (QED) is 0.847. The third kappa shape index (κ3) is 3.22. The molecule has 0 aromatic carbocycles. The summed E-state index contributed by atoms with van der Waals surface area (Å²) < 4.78 is 6.44. The van der Waals surface area contributed by atoms with Crippen molar-refractivity contribution in [1.82, 2.24) is 15.2 Å². The van der Waals surface area contributed by atoms with E-state index in [-0.39, 0.29) is 0 Å². The molecule has 7 heteroatoms. The standard InChI is InChI=1S/C16H20N4OS2/c1-11-4-3-5-13(17-11)7-21-14-6-16(22-8-14)9-20(10-16)15-19-18-12(2)23-15/h3-5,14H,6-10H2,1-2H3/t14-/m1/s1. The summed E-state index contributed by atoms with van der Waals surface area (Å²) in [7, 11) is 0. The number of aryl methyl sites for hydroxylation is 2. The van der Waals surface area contributed by atoms with E-state index in [1.165, 1.54) is 0 Å². The van der Waals surface area contributed by atoms with Crippen molar-refractivity contribution in [3.8, 4) is 0 Å². The molecule has 2 saturated heterocycles. The number of nitrogens with zero attached hydrogens (tertiary/aromatic N) is 4. The number of aromatic nitrogens is 3. The summed E-state index contributed by atoms with van der Waals surface area (Å²) in [5, 5.41) is 10.4. The zero-order valence-corrected chi connectivity index (χ0v) is 15.0. The zero-order valence-electron chi connectivity index (χ0n) is 13.4. The van der Waals surface area contributed by atoms with Crippen molar-refractivity contribution < 1.29 is 4.74 Å². The first-order chi connectivity index (χ1) is 11.1. The molecule has 0 bridgehead atoms. The van der Waals surface area contributed by atoms with Crippen molar-refractivity contribution in [2.75, 3.05) is 23.7 Å². The van der Waals surface area contributed by atoms with Crippen molar-refractivity contribution in [3.05, 3.63) is 34.6 Å². The van der Waals surface area contributed by atoms with Gasteiger partial charge < -0.3 is 9.64 Å². The van der Waals surface area contributed by atoms with Crippen LogP contribution in [0.25, 0.3) is 0 Å². The SMILES string of the molecule is Cc1cccc(CO[C@H]2CSC3(C2)CN(c2nnc(C)s2)C3)n1. The molecule has 2 aliphatic heterocycles. The fourth-order valence-corrected chi connectivity index (χ4v) is 5.45. The largest absolute Gasteiger partial charge is 0.371 e. The summed E-state index contributed by atoms with van der Waals surface area (Å²) in [5.41, 5.74) is 2.07. The van der Waals surface area contributed by atoms with E-state index in [0.717, 1.165) is 46.8 Å². The van der Waals surface area contributed by atoms with Gasteiger partial charge in [-0.15, -0.1) is 22.0 Å². The zero-order chi connectivity index (χ0) is 15.9. The van der Waals surface area contributed by atoms with Crippen molar-refractivity contribution >= 4 is 28.2 Å². The Labute approximate surface area is 144 Å². The Kier molecular flexibility index (Phi) is 4.03. The van der Waals surface area contributed by atoms with E-state index in [1.807, 2.05) is 32.0 Å². The smallest absolute Gasteiger partial charge is 0.208 e. The van der Waals surface area contributed by atoms with Gasteiger partial charge in [-0.1, -0.05) is 17.4 Å². The first kappa shape index (κ1) is 15.4. The van der Waals surface area contributed by atoms with Crippen molar-refractivity contribution in [2.24, 2.45) is 0 Å². The molecular weight excluding hydrogens is 328 g/mol. The Balaban J connectivity index is 1.29. The maximum atomic E-state index is 6.09. The number of hydrogen-bond acceptors (Lipinski definition) is 7. The Hall–Kier alpha value is -1.18. The second-order valence-electron chi connectivity index (χ2n) is 6.36. The predicted molar refractivity (Wildman–Crippen MR) is 94.2 cm³/mol. The topological polar surface area (TPSA) is 51.1 Å². The van der Waals surface area contributed by atoms with Gasteiger partial charge in [-0.2, -0.15) is 0 Å². The van der Waals surface area contributed by atoms with Gasteiger partial charge >= 0.3 is 0 Å². The lowest BCUT2D eigenvalue weighted by Crippen LogP contribution is -2.59. The molecule has 2 aromatic rings. The molecule has 0 amide bonds. The molecule has 4 rings (SSSR count). The number of ether oxygens (including phenoxy) is 1. The number of hydrogen-bond donors (Lipinski definition) is 0. The maximum absolute atomic E-state index is 6.09. The molecule has 0 unspecified atom stereocenters.